The third kappa shape index (κ3) is 4.11. The summed E-state index contributed by atoms with van der Waals surface area (Å²) in [6.07, 6.45) is 0.199. The fourth-order valence-corrected chi connectivity index (χ4v) is 3.33. The molecular weight excluding hydrogens is 368 g/mol. The fraction of sp³-hybridized carbons (Fsp3) is 0.304. The topological polar surface area (TPSA) is 64.8 Å². The summed E-state index contributed by atoms with van der Waals surface area (Å²) in [5.41, 5.74) is 2.55. The maximum absolute atomic E-state index is 13.0. The molecule has 2 heterocycles. The van der Waals surface area contributed by atoms with Gasteiger partial charge in [0.2, 0.25) is 18.6 Å². The molecule has 3 aromatic rings. The first-order chi connectivity index (χ1) is 14.0. The van der Waals surface area contributed by atoms with Gasteiger partial charge in [0.1, 0.15) is 5.76 Å². The van der Waals surface area contributed by atoms with Gasteiger partial charge in [-0.3, -0.25) is 4.79 Å². The van der Waals surface area contributed by atoms with Gasteiger partial charge in [0.25, 0.3) is 0 Å². The van der Waals surface area contributed by atoms with Crippen LogP contribution in [0.4, 0.5) is 0 Å². The molecular formula is C23H24N2O4. The lowest BCUT2D eigenvalue weighted by Gasteiger charge is -2.26. The molecule has 1 aliphatic heterocycles. The highest BCUT2D eigenvalue weighted by molar-refractivity contribution is 5.79. The third-order valence-electron chi connectivity index (χ3n) is 4.97. The molecule has 0 radical (unpaired) electrons. The minimum absolute atomic E-state index is 0.0255. The van der Waals surface area contributed by atoms with Crippen LogP contribution in [0, 0.1) is 6.92 Å². The predicted molar refractivity (Wildman–Crippen MR) is 109 cm³/mol. The SMILES string of the molecule is Cc1oc(-c2ccc3c(c2)OCO3)nc1CC(=O)N(Cc1ccccc1)C(C)C. The van der Waals surface area contributed by atoms with Crippen molar-refractivity contribution in [3.05, 3.63) is 65.5 Å². The molecule has 150 valence electrons. The van der Waals surface area contributed by atoms with Crippen LogP contribution in [0.15, 0.2) is 52.9 Å². The molecule has 1 aromatic heterocycles. The molecule has 0 bridgehead atoms. The molecule has 0 unspecified atom stereocenters. The summed E-state index contributed by atoms with van der Waals surface area (Å²) in [6, 6.07) is 15.6. The average molecular weight is 392 g/mol. The van der Waals surface area contributed by atoms with E-state index in [1.54, 1.807) is 0 Å². The number of hydrogen-bond donors (Lipinski definition) is 0. The molecule has 4 rings (SSSR count). The van der Waals surface area contributed by atoms with Crippen molar-refractivity contribution < 1.29 is 18.7 Å². The zero-order chi connectivity index (χ0) is 20.4. The maximum Gasteiger partial charge on any atom is 0.231 e. The molecule has 0 saturated carbocycles. The highest BCUT2D eigenvalue weighted by Crippen LogP contribution is 2.36. The lowest BCUT2D eigenvalue weighted by atomic mass is 10.1. The molecule has 29 heavy (non-hydrogen) atoms. The number of fused-ring (bicyclic) bond motifs is 1. The van der Waals surface area contributed by atoms with Gasteiger partial charge < -0.3 is 18.8 Å². The number of carbonyl (C=O) groups excluding carboxylic acids is 1. The first-order valence-electron chi connectivity index (χ1n) is 9.71. The number of rotatable bonds is 6. The quantitative estimate of drug-likeness (QED) is 0.624. The van der Waals surface area contributed by atoms with E-state index in [1.807, 2.05) is 74.2 Å². The Morgan fingerprint density at radius 3 is 2.62 bits per heavy atom. The number of amides is 1. The zero-order valence-electron chi connectivity index (χ0n) is 16.8. The Morgan fingerprint density at radius 1 is 1.10 bits per heavy atom. The Kier molecular flexibility index (Phi) is 5.25. The van der Waals surface area contributed by atoms with E-state index < -0.39 is 0 Å². The molecule has 2 aromatic carbocycles. The van der Waals surface area contributed by atoms with Crippen LogP contribution in [0.2, 0.25) is 0 Å². The number of aryl methyl sites for hydroxylation is 1. The van der Waals surface area contributed by atoms with Crippen LogP contribution < -0.4 is 9.47 Å². The van der Waals surface area contributed by atoms with Crippen LogP contribution in [0.3, 0.4) is 0 Å². The summed E-state index contributed by atoms with van der Waals surface area (Å²) in [7, 11) is 0. The number of nitrogens with zero attached hydrogens (tertiary/aromatic N) is 2. The second-order valence-corrected chi connectivity index (χ2v) is 7.37. The van der Waals surface area contributed by atoms with Gasteiger partial charge in [0.15, 0.2) is 11.5 Å². The maximum atomic E-state index is 13.0. The average Bonchev–Trinajstić information content (AvgIpc) is 3.32. The van der Waals surface area contributed by atoms with Crippen molar-refractivity contribution in [2.24, 2.45) is 0 Å². The van der Waals surface area contributed by atoms with E-state index in [-0.39, 0.29) is 25.2 Å². The van der Waals surface area contributed by atoms with Crippen molar-refractivity contribution in [3.8, 4) is 23.0 Å². The van der Waals surface area contributed by atoms with Crippen LogP contribution in [-0.2, 0) is 17.8 Å². The number of aromatic nitrogens is 1. The van der Waals surface area contributed by atoms with E-state index in [2.05, 4.69) is 4.98 Å². The lowest BCUT2D eigenvalue weighted by molar-refractivity contribution is -0.132. The Bertz CT molecular complexity index is 1010. The van der Waals surface area contributed by atoms with Crippen LogP contribution in [0.1, 0.15) is 30.9 Å². The van der Waals surface area contributed by atoms with Gasteiger partial charge in [-0.2, -0.15) is 0 Å². The first-order valence-corrected chi connectivity index (χ1v) is 9.71. The molecule has 6 nitrogen and oxygen atoms in total. The summed E-state index contributed by atoms with van der Waals surface area (Å²) in [4.78, 5) is 19.5. The number of oxazole rings is 1. The summed E-state index contributed by atoms with van der Waals surface area (Å²) in [5.74, 6) is 2.53. The van der Waals surface area contributed by atoms with Crippen LogP contribution >= 0.6 is 0 Å². The number of benzene rings is 2. The molecule has 0 N–H and O–H groups in total. The molecule has 0 atom stereocenters. The number of carbonyl (C=O) groups is 1. The molecule has 1 aliphatic rings. The van der Waals surface area contributed by atoms with E-state index in [4.69, 9.17) is 13.9 Å². The Morgan fingerprint density at radius 2 is 1.86 bits per heavy atom. The normalized spacial score (nSPS) is 12.4. The van der Waals surface area contributed by atoms with Gasteiger partial charge in [-0.05, 0) is 44.5 Å². The molecule has 0 spiro atoms. The molecule has 6 heteroatoms. The van der Waals surface area contributed by atoms with Gasteiger partial charge in [0.05, 0.1) is 12.1 Å². The van der Waals surface area contributed by atoms with Gasteiger partial charge in [-0.25, -0.2) is 4.98 Å². The fourth-order valence-electron chi connectivity index (χ4n) is 3.33. The Labute approximate surface area is 170 Å². The highest BCUT2D eigenvalue weighted by atomic mass is 16.7. The summed E-state index contributed by atoms with van der Waals surface area (Å²) >= 11 is 0. The third-order valence-corrected chi connectivity index (χ3v) is 4.97. The Hall–Kier alpha value is -3.28. The van der Waals surface area contributed by atoms with Crippen molar-refractivity contribution in [2.45, 2.75) is 39.8 Å². The first kappa shape index (κ1) is 19.1. The second-order valence-electron chi connectivity index (χ2n) is 7.37. The summed E-state index contributed by atoms with van der Waals surface area (Å²) in [5, 5.41) is 0. The van der Waals surface area contributed by atoms with E-state index in [0.29, 0.717) is 35.4 Å². The van der Waals surface area contributed by atoms with Crippen molar-refractivity contribution in [1.29, 1.82) is 0 Å². The predicted octanol–water partition coefficient (Wildman–Crippen LogP) is 4.36. The van der Waals surface area contributed by atoms with E-state index in [9.17, 15) is 4.79 Å². The minimum atomic E-state index is 0.0255. The lowest BCUT2D eigenvalue weighted by Crippen LogP contribution is -2.37. The van der Waals surface area contributed by atoms with E-state index in [1.165, 1.54) is 0 Å². The monoisotopic (exact) mass is 392 g/mol. The highest BCUT2D eigenvalue weighted by Gasteiger charge is 2.22. The second kappa shape index (κ2) is 7.99. The van der Waals surface area contributed by atoms with Crippen molar-refractivity contribution >= 4 is 5.91 Å². The van der Waals surface area contributed by atoms with Crippen LogP contribution in [-0.4, -0.2) is 28.6 Å². The van der Waals surface area contributed by atoms with Crippen molar-refractivity contribution in [2.75, 3.05) is 6.79 Å². The number of hydrogen-bond acceptors (Lipinski definition) is 5. The van der Waals surface area contributed by atoms with Gasteiger partial charge in [-0.15, -0.1) is 0 Å². The molecule has 0 aliphatic carbocycles. The molecule has 1 amide bonds. The van der Waals surface area contributed by atoms with Gasteiger partial charge in [-0.1, -0.05) is 30.3 Å². The summed E-state index contributed by atoms with van der Waals surface area (Å²) < 4.78 is 16.6. The molecule has 0 saturated heterocycles. The largest absolute Gasteiger partial charge is 0.454 e. The number of ether oxygens (including phenoxy) is 2. The molecule has 0 fully saturated rings. The van der Waals surface area contributed by atoms with Crippen molar-refractivity contribution in [1.82, 2.24) is 9.88 Å². The zero-order valence-corrected chi connectivity index (χ0v) is 16.8. The Balaban J connectivity index is 1.52. The van der Waals surface area contributed by atoms with E-state index in [0.717, 1.165) is 11.1 Å². The van der Waals surface area contributed by atoms with E-state index >= 15 is 0 Å². The minimum Gasteiger partial charge on any atom is -0.454 e. The van der Waals surface area contributed by atoms with Crippen LogP contribution in [0.25, 0.3) is 11.5 Å². The van der Waals surface area contributed by atoms with Gasteiger partial charge in [0, 0.05) is 18.2 Å². The standard InChI is InChI=1S/C23H24N2O4/c1-15(2)25(13-17-7-5-4-6-8-17)22(26)12-19-16(3)29-23(24-19)18-9-10-20-21(11-18)28-14-27-20/h4-11,15H,12-14H2,1-3H3. The van der Waals surface area contributed by atoms with Gasteiger partial charge >= 0.3 is 0 Å². The smallest absolute Gasteiger partial charge is 0.231 e. The summed E-state index contributed by atoms with van der Waals surface area (Å²) in [6.45, 7) is 6.67. The van der Waals surface area contributed by atoms with Crippen molar-refractivity contribution in [3.63, 3.8) is 0 Å². The van der Waals surface area contributed by atoms with Crippen LogP contribution in [0.5, 0.6) is 11.5 Å².